The molecule has 0 radical (unpaired) electrons. The molecule has 6 nitrogen and oxygen atoms in total. The van der Waals surface area contributed by atoms with Gasteiger partial charge in [-0.1, -0.05) is 23.7 Å². The molecule has 0 fully saturated rings. The van der Waals surface area contributed by atoms with Crippen molar-refractivity contribution in [2.45, 2.75) is 12.5 Å². The van der Waals surface area contributed by atoms with Crippen molar-refractivity contribution in [2.24, 2.45) is 7.05 Å². The molecular weight excluding hydrogens is 362 g/mol. The van der Waals surface area contributed by atoms with Crippen molar-refractivity contribution in [3.63, 3.8) is 0 Å². The number of hydrogen-bond acceptors (Lipinski definition) is 5. The van der Waals surface area contributed by atoms with Gasteiger partial charge in [-0.15, -0.1) is 0 Å². The number of thioether (sulfide) groups is 1. The Balaban J connectivity index is 2.18. The fourth-order valence-corrected chi connectivity index (χ4v) is 2.90. The lowest BCUT2D eigenvalue weighted by Gasteiger charge is -2.15. The van der Waals surface area contributed by atoms with Gasteiger partial charge in [-0.2, -0.15) is 16.9 Å². The van der Waals surface area contributed by atoms with Gasteiger partial charge >= 0.3 is 5.97 Å². The van der Waals surface area contributed by atoms with Crippen LogP contribution in [0.5, 0.6) is 0 Å². The highest BCUT2D eigenvalue weighted by molar-refractivity contribution is 7.98. The van der Waals surface area contributed by atoms with Crippen LogP contribution in [-0.2, 0) is 16.6 Å². The van der Waals surface area contributed by atoms with Crippen LogP contribution in [0.2, 0.25) is 5.02 Å². The van der Waals surface area contributed by atoms with Gasteiger partial charge in [-0.3, -0.25) is 9.48 Å². The van der Waals surface area contributed by atoms with Crippen molar-refractivity contribution in [3.8, 4) is 11.3 Å². The number of aryl methyl sites for hydroxylation is 1. The fraction of sp³-hybridized carbons (Fsp3) is 0.353. The number of carbonyl (C=O) groups is 2. The molecule has 1 amide bonds. The number of nitrogens with one attached hydrogen (secondary N) is 1. The van der Waals surface area contributed by atoms with Crippen molar-refractivity contribution in [3.05, 3.63) is 41.0 Å². The molecule has 2 rings (SSSR count). The zero-order valence-electron chi connectivity index (χ0n) is 14.3. The first-order valence-corrected chi connectivity index (χ1v) is 9.41. The van der Waals surface area contributed by atoms with Crippen LogP contribution in [-0.4, -0.2) is 46.8 Å². The van der Waals surface area contributed by atoms with E-state index >= 15 is 0 Å². The number of carbonyl (C=O) groups excluding carboxylic acids is 2. The van der Waals surface area contributed by atoms with Gasteiger partial charge in [0.2, 0.25) is 0 Å². The summed E-state index contributed by atoms with van der Waals surface area (Å²) in [6.45, 7) is 0. The van der Waals surface area contributed by atoms with Crippen LogP contribution < -0.4 is 5.32 Å². The maximum Gasteiger partial charge on any atom is 0.328 e. The van der Waals surface area contributed by atoms with Crippen LogP contribution in [0.3, 0.4) is 0 Å². The van der Waals surface area contributed by atoms with Gasteiger partial charge in [0, 0.05) is 17.6 Å². The van der Waals surface area contributed by atoms with Crippen molar-refractivity contribution >= 4 is 35.2 Å². The minimum absolute atomic E-state index is 0.364. The van der Waals surface area contributed by atoms with Crippen LogP contribution >= 0.6 is 23.4 Å². The van der Waals surface area contributed by atoms with Crippen LogP contribution in [0, 0.1) is 0 Å². The quantitative estimate of drug-likeness (QED) is 0.746. The second-order valence-electron chi connectivity index (χ2n) is 5.38. The Morgan fingerprint density at radius 3 is 2.64 bits per heavy atom. The SMILES string of the molecule is COC(=O)[C@@H](CCSC)NC(=O)c1cc(-c2ccc(Cl)cc2)nn1C. The van der Waals surface area contributed by atoms with Crippen LogP contribution in [0.15, 0.2) is 30.3 Å². The van der Waals surface area contributed by atoms with E-state index in [2.05, 4.69) is 10.4 Å². The zero-order valence-corrected chi connectivity index (χ0v) is 15.9. The first-order chi connectivity index (χ1) is 12.0. The molecule has 8 heteroatoms. The normalized spacial score (nSPS) is 11.8. The number of rotatable bonds is 7. The molecule has 1 heterocycles. The lowest BCUT2D eigenvalue weighted by atomic mass is 10.1. The second-order valence-corrected chi connectivity index (χ2v) is 6.80. The van der Waals surface area contributed by atoms with E-state index in [-0.39, 0.29) is 5.91 Å². The maximum absolute atomic E-state index is 12.6. The summed E-state index contributed by atoms with van der Waals surface area (Å²) in [5, 5.41) is 7.72. The predicted molar refractivity (Wildman–Crippen MR) is 99.9 cm³/mol. The van der Waals surface area contributed by atoms with Crippen LogP contribution in [0.25, 0.3) is 11.3 Å². The van der Waals surface area contributed by atoms with E-state index in [0.29, 0.717) is 22.8 Å². The number of nitrogens with zero attached hydrogens (tertiary/aromatic N) is 2. The van der Waals surface area contributed by atoms with E-state index in [9.17, 15) is 9.59 Å². The van der Waals surface area contributed by atoms with Crippen molar-refractivity contribution in [2.75, 3.05) is 19.1 Å². The minimum Gasteiger partial charge on any atom is -0.467 e. The fourth-order valence-electron chi connectivity index (χ4n) is 2.30. The molecule has 1 N–H and O–H groups in total. The molecule has 0 unspecified atom stereocenters. The van der Waals surface area contributed by atoms with E-state index in [4.69, 9.17) is 16.3 Å². The molecule has 0 saturated heterocycles. The number of methoxy groups -OCH3 is 1. The summed E-state index contributed by atoms with van der Waals surface area (Å²) < 4.78 is 6.25. The van der Waals surface area contributed by atoms with E-state index < -0.39 is 12.0 Å². The third-order valence-electron chi connectivity index (χ3n) is 3.65. The summed E-state index contributed by atoms with van der Waals surface area (Å²) in [4.78, 5) is 24.4. The molecule has 25 heavy (non-hydrogen) atoms. The highest BCUT2D eigenvalue weighted by Gasteiger charge is 2.23. The number of hydrogen-bond donors (Lipinski definition) is 1. The standard InChI is InChI=1S/C17H20ClN3O3S/c1-21-15(10-14(20-21)11-4-6-12(18)7-5-11)16(22)19-13(8-9-25-3)17(23)24-2/h4-7,10,13H,8-9H2,1-3H3,(H,19,22)/t13-/m1/s1. The Labute approximate surface area is 155 Å². The molecule has 2 aromatic rings. The van der Waals surface area contributed by atoms with Crippen molar-refractivity contribution in [1.29, 1.82) is 0 Å². The summed E-state index contributed by atoms with van der Waals surface area (Å²) >= 11 is 7.49. The molecule has 134 valence electrons. The number of ether oxygens (including phenoxy) is 1. The molecule has 1 aromatic heterocycles. The molecule has 0 aliphatic heterocycles. The Morgan fingerprint density at radius 2 is 2.04 bits per heavy atom. The predicted octanol–water partition coefficient (Wildman–Crippen LogP) is 2.77. The van der Waals surface area contributed by atoms with Gasteiger partial charge < -0.3 is 10.1 Å². The number of amides is 1. The molecule has 0 spiro atoms. The third kappa shape index (κ3) is 4.99. The summed E-state index contributed by atoms with van der Waals surface area (Å²) in [6, 6.07) is 8.20. The molecule has 0 aliphatic carbocycles. The number of esters is 1. The summed E-state index contributed by atoms with van der Waals surface area (Å²) in [5.74, 6) is -0.0872. The molecular formula is C17H20ClN3O3S. The average molecular weight is 382 g/mol. The summed E-state index contributed by atoms with van der Waals surface area (Å²) in [7, 11) is 2.99. The Morgan fingerprint density at radius 1 is 1.36 bits per heavy atom. The number of benzene rings is 1. The molecule has 0 aliphatic rings. The zero-order chi connectivity index (χ0) is 18.4. The average Bonchev–Trinajstić information content (AvgIpc) is 3.00. The van der Waals surface area contributed by atoms with Gasteiger partial charge in [0.1, 0.15) is 11.7 Å². The smallest absolute Gasteiger partial charge is 0.328 e. The van der Waals surface area contributed by atoms with Gasteiger partial charge in [0.25, 0.3) is 5.91 Å². The Hall–Kier alpha value is -1.99. The van der Waals surface area contributed by atoms with Crippen LogP contribution in [0.4, 0.5) is 0 Å². The van der Waals surface area contributed by atoms with Crippen molar-refractivity contribution < 1.29 is 14.3 Å². The highest BCUT2D eigenvalue weighted by atomic mass is 35.5. The molecule has 1 atom stereocenters. The van der Waals surface area contributed by atoms with Crippen LogP contribution in [0.1, 0.15) is 16.9 Å². The van der Waals surface area contributed by atoms with E-state index in [0.717, 1.165) is 11.3 Å². The van der Waals surface area contributed by atoms with Gasteiger partial charge in [0.15, 0.2) is 0 Å². The highest BCUT2D eigenvalue weighted by Crippen LogP contribution is 2.21. The van der Waals surface area contributed by atoms with Gasteiger partial charge in [0.05, 0.1) is 12.8 Å². The van der Waals surface area contributed by atoms with E-state index in [1.165, 1.54) is 11.8 Å². The largest absolute Gasteiger partial charge is 0.467 e. The molecule has 1 aromatic carbocycles. The lowest BCUT2D eigenvalue weighted by Crippen LogP contribution is -2.42. The minimum atomic E-state index is -0.682. The lowest BCUT2D eigenvalue weighted by molar-refractivity contribution is -0.142. The number of aromatic nitrogens is 2. The Kier molecular flexibility index (Phi) is 6.90. The topological polar surface area (TPSA) is 73.2 Å². The second kappa shape index (κ2) is 8.92. The summed E-state index contributed by atoms with van der Waals surface area (Å²) in [5.41, 5.74) is 1.87. The summed E-state index contributed by atoms with van der Waals surface area (Å²) in [6.07, 6.45) is 2.44. The number of halogens is 1. The molecule has 0 bridgehead atoms. The first-order valence-electron chi connectivity index (χ1n) is 7.64. The first kappa shape index (κ1) is 19.3. The van der Waals surface area contributed by atoms with E-state index in [1.54, 1.807) is 37.0 Å². The van der Waals surface area contributed by atoms with Gasteiger partial charge in [-0.05, 0) is 36.6 Å². The van der Waals surface area contributed by atoms with E-state index in [1.807, 2.05) is 18.4 Å². The third-order valence-corrected chi connectivity index (χ3v) is 4.55. The molecule has 0 saturated carbocycles. The maximum atomic E-state index is 12.6. The monoisotopic (exact) mass is 381 g/mol. The van der Waals surface area contributed by atoms with Gasteiger partial charge in [-0.25, -0.2) is 4.79 Å². The Bertz CT molecular complexity index is 746. The van der Waals surface area contributed by atoms with Crippen molar-refractivity contribution in [1.82, 2.24) is 15.1 Å².